The maximum absolute atomic E-state index is 13.0. The smallest absolute Gasteiger partial charge is 0.166 e. The van der Waals surface area contributed by atoms with Gasteiger partial charge in [-0.1, -0.05) is 30.3 Å². The molecule has 0 aliphatic heterocycles. The Morgan fingerprint density at radius 3 is 2.28 bits per heavy atom. The van der Waals surface area contributed by atoms with Gasteiger partial charge < -0.3 is 0 Å². The molecule has 2 aromatic rings. The van der Waals surface area contributed by atoms with E-state index in [2.05, 4.69) is 6.07 Å². The first kappa shape index (κ1) is 12.7. The largest absolute Gasteiger partial charge is 0.417 e. The van der Waals surface area contributed by atoms with Gasteiger partial charge in [0, 0.05) is 0 Å². The normalized spacial score (nSPS) is 11.6. The van der Waals surface area contributed by atoms with Gasteiger partial charge in [-0.25, -0.2) is 0 Å². The molecule has 0 unspecified atom stereocenters. The van der Waals surface area contributed by atoms with E-state index in [-0.39, 0.29) is 5.56 Å². The molecule has 0 atom stereocenters. The highest BCUT2D eigenvalue weighted by Gasteiger charge is 2.33. The van der Waals surface area contributed by atoms with E-state index >= 15 is 0 Å². The molecule has 1 radical (unpaired) electrons. The predicted molar refractivity (Wildman–Crippen MR) is 65.2 cm³/mol. The Labute approximate surface area is 104 Å². The van der Waals surface area contributed by atoms with Crippen LogP contribution in [0.25, 0.3) is 11.1 Å². The fraction of sp³-hybridized carbons (Fsp3) is 0.200. The monoisotopic (exact) mass is 249 g/mol. The summed E-state index contributed by atoms with van der Waals surface area (Å²) in [6, 6.07) is 12.1. The lowest BCUT2D eigenvalue weighted by molar-refractivity contribution is -0.137. The van der Waals surface area contributed by atoms with Gasteiger partial charge in [0.2, 0.25) is 0 Å². The second-order valence-electron chi connectivity index (χ2n) is 4.20. The van der Waals surface area contributed by atoms with Crippen LogP contribution in [-0.4, -0.2) is 0 Å². The minimum absolute atomic E-state index is 0.219. The van der Waals surface area contributed by atoms with Crippen molar-refractivity contribution in [2.75, 3.05) is 0 Å². The van der Waals surface area contributed by atoms with Crippen LogP contribution in [0.3, 0.4) is 0 Å². The summed E-state index contributed by atoms with van der Waals surface area (Å²) in [6.07, 6.45) is -4.34. The maximum atomic E-state index is 13.0. The van der Waals surface area contributed by atoms with Crippen LogP contribution in [0, 0.1) is 19.9 Å². The van der Waals surface area contributed by atoms with Gasteiger partial charge >= 0.3 is 6.18 Å². The Kier molecular flexibility index (Phi) is 3.16. The summed E-state index contributed by atoms with van der Waals surface area (Å²) in [5.74, 6) is 0. The molecule has 2 aromatic carbocycles. The summed E-state index contributed by atoms with van der Waals surface area (Å²) in [5.41, 5.74) is 1.78. The van der Waals surface area contributed by atoms with Gasteiger partial charge in [-0.3, -0.25) is 0 Å². The van der Waals surface area contributed by atoms with Crippen LogP contribution in [-0.2, 0) is 6.18 Å². The molecule has 0 N–H and O–H groups in total. The van der Waals surface area contributed by atoms with E-state index in [1.165, 1.54) is 12.1 Å². The standard InChI is InChI=1S/C15H12F3/c1-10-6-5-7-11(2)14(10)12-8-3-4-9-13(12)15(16,17)18/h3-6,8-9H,1-2H3. The molecule has 0 heterocycles. The van der Waals surface area contributed by atoms with Crippen molar-refractivity contribution in [1.29, 1.82) is 0 Å². The van der Waals surface area contributed by atoms with Crippen molar-refractivity contribution in [2.45, 2.75) is 20.0 Å². The van der Waals surface area contributed by atoms with E-state index in [4.69, 9.17) is 0 Å². The Bertz CT molecular complexity index is 548. The van der Waals surface area contributed by atoms with Crippen molar-refractivity contribution in [3.05, 3.63) is 59.2 Å². The second kappa shape index (κ2) is 4.48. The lowest BCUT2D eigenvalue weighted by atomic mass is 9.92. The molecule has 0 fully saturated rings. The SMILES string of the molecule is Cc1[c]ccc(C)c1-c1ccccc1C(F)(F)F. The molecule has 0 amide bonds. The van der Waals surface area contributed by atoms with Crippen LogP contribution in [0.5, 0.6) is 0 Å². The van der Waals surface area contributed by atoms with Crippen LogP contribution in [0.2, 0.25) is 0 Å². The molecule has 0 bridgehead atoms. The molecular weight excluding hydrogens is 237 g/mol. The molecule has 3 heteroatoms. The number of rotatable bonds is 1. The second-order valence-corrected chi connectivity index (χ2v) is 4.20. The molecule has 18 heavy (non-hydrogen) atoms. The lowest BCUT2D eigenvalue weighted by Gasteiger charge is -2.16. The summed E-state index contributed by atoms with van der Waals surface area (Å²) >= 11 is 0. The van der Waals surface area contributed by atoms with Crippen molar-refractivity contribution in [1.82, 2.24) is 0 Å². The first-order valence-electron chi connectivity index (χ1n) is 5.55. The van der Waals surface area contributed by atoms with Crippen molar-refractivity contribution >= 4 is 0 Å². The Morgan fingerprint density at radius 1 is 1.00 bits per heavy atom. The van der Waals surface area contributed by atoms with E-state index in [0.717, 1.165) is 17.2 Å². The number of hydrogen-bond acceptors (Lipinski definition) is 0. The number of hydrogen-bond donors (Lipinski definition) is 0. The van der Waals surface area contributed by atoms with Gasteiger partial charge in [-0.2, -0.15) is 13.2 Å². The Morgan fingerprint density at radius 2 is 1.67 bits per heavy atom. The summed E-state index contributed by atoms with van der Waals surface area (Å²) in [6.45, 7) is 3.58. The average molecular weight is 249 g/mol. The van der Waals surface area contributed by atoms with Gasteiger partial charge in [-0.05, 0) is 48.2 Å². The Hall–Kier alpha value is -1.77. The highest BCUT2D eigenvalue weighted by Crippen LogP contribution is 2.38. The minimum Gasteiger partial charge on any atom is -0.166 e. The number of halogens is 3. The zero-order valence-electron chi connectivity index (χ0n) is 10.1. The number of alkyl halides is 3. The first-order chi connectivity index (χ1) is 8.41. The summed E-state index contributed by atoms with van der Waals surface area (Å²) in [7, 11) is 0. The Balaban J connectivity index is 2.73. The van der Waals surface area contributed by atoms with Crippen LogP contribution in [0.15, 0.2) is 36.4 Å². The van der Waals surface area contributed by atoms with Crippen molar-refractivity contribution in [3.63, 3.8) is 0 Å². The molecule has 0 aromatic heterocycles. The molecule has 0 nitrogen and oxygen atoms in total. The van der Waals surface area contributed by atoms with Gasteiger partial charge in [0.1, 0.15) is 0 Å². The van der Waals surface area contributed by atoms with Gasteiger partial charge in [0.15, 0.2) is 0 Å². The van der Waals surface area contributed by atoms with Crippen molar-refractivity contribution < 1.29 is 13.2 Å². The summed E-state index contributed by atoms with van der Waals surface area (Å²) < 4.78 is 39.0. The number of benzene rings is 2. The van der Waals surface area contributed by atoms with Crippen LogP contribution >= 0.6 is 0 Å². The van der Waals surface area contributed by atoms with E-state index in [0.29, 0.717) is 5.56 Å². The van der Waals surface area contributed by atoms with E-state index in [1.54, 1.807) is 25.1 Å². The van der Waals surface area contributed by atoms with Gasteiger partial charge in [-0.15, -0.1) is 0 Å². The third kappa shape index (κ3) is 2.26. The van der Waals surface area contributed by atoms with E-state index in [1.807, 2.05) is 6.92 Å². The third-order valence-corrected chi connectivity index (χ3v) is 2.90. The minimum atomic E-state index is -4.34. The quantitative estimate of drug-likeness (QED) is 0.681. The van der Waals surface area contributed by atoms with E-state index in [9.17, 15) is 13.2 Å². The maximum Gasteiger partial charge on any atom is 0.417 e. The molecule has 93 valence electrons. The zero-order valence-corrected chi connectivity index (χ0v) is 10.1. The van der Waals surface area contributed by atoms with Gasteiger partial charge in [0.25, 0.3) is 0 Å². The molecule has 0 saturated carbocycles. The lowest BCUT2D eigenvalue weighted by Crippen LogP contribution is -2.07. The fourth-order valence-electron chi connectivity index (χ4n) is 2.11. The first-order valence-corrected chi connectivity index (χ1v) is 5.55. The molecular formula is C15H12F3. The average Bonchev–Trinajstić information content (AvgIpc) is 2.28. The molecule has 0 saturated heterocycles. The fourth-order valence-corrected chi connectivity index (χ4v) is 2.11. The van der Waals surface area contributed by atoms with Crippen LogP contribution in [0.1, 0.15) is 16.7 Å². The van der Waals surface area contributed by atoms with Crippen LogP contribution in [0.4, 0.5) is 13.2 Å². The summed E-state index contributed by atoms with van der Waals surface area (Å²) in [4.78, 5) is 0. The topological polar surface area (TPSA) is 0 Å². The molecule has 0 aliphatic carbocycles. The van der Waals surface area contributed by atoms with Gasteiger partial charge in [0.05, 0.1) is 5.56 Å². The number of aryl methyl sites for hydroxylation is 2. The van der Waals surface area contributed by atoms with Crippen LogP contribution < -0.4 is 0 Å². The zero-order chi connectivity index (χ0) is 13.3. The molecule has 2 rings (SSSR count). The molecule has 0 spiro atoms. The van der Waals surface area contributed by atoms with Crippen molar-refractivity contribution in [2.24, 2.45) is 0 Å². The van der Waals surface area contributed by atoms with Crippen molar-refractivity contribution in [3.8, 4) is 11.1 Å². The highest BCUT2D eigenvalue weighted by atomic mass is 19.4. The highest BCUT2D eigenvalue weighted by molar-refractivity contribution is 5.73. The molecule has 0 aliphatic rings. The predicted octanol–water partition coefficient (Wildman–Crippen LogP) is 4.79. The third-order valence-electron chi connectivity index (χ3n) is 2.90. The summed E-state index contributed by atoms with van der Waals surface area (Å²) in [5, 5.41) is 0. The van der Waals surface area contributed by atoms with E-state index < -0.39 is 11.7 Å².